The highest BCUT2D eigenvalue weighted by atomic mass is 16.5. The van der Waals surface area contributed by atoms with Gasteiger partial charge < -0.3 is 25.8 Å². The van der Waals surface area contributed by atoms with Crippen LogP contribution >= 0.6 is 0 Å². The molecule has 21 heavy (non-hydrogen) atoms. The second-order valence-corrected chi connectivity index (χ2v) is 4.92. The molecule has 1 fully saturated rings. The molecule has 0 bridgehead atoms. The van der Waals surface area contributed by atoms with Crippen LogP contribution < -0.4 is 11.1 Å². The number of amides is 3. The maximum atomic E-state index is 12.3. The number of anilines is 1. The number of hydrogen-bond donors (Lipinski definition) is 3. The zero-order valence-corrected chi connectivity index (χ0v) is 11.8. The summed E-state index contributed by atoms with van der Waals surface area (Å²) in [6.07, 6.45) is -0.622. The molecule has 0 aromatic heterocycles. The van der Waals surface area contributed by atoms with Crippen LogP contribution in [0.4, 0.5) is 10.5 Å². The van der Waals surface area contributed by atoms with Crippen LogP contribution in [0, 0.1) is 0 Å². The SMILES string of the molecule is CC(O)c1cccc(NC(=O)N2CCOCC2C(N)=O)c1. The molecule has 0 radical (unpaired) electrons. The average Bonchev–Trinajstić information content (AvgIpc) is 2.47. The molecule has 1 aromatic carbocycles. The number of primary amides is 1. The van der Waals surface area contributed by atoms with Crippen molar-refractivity contribution in [2.45, 2.75) is 19.1 Å². The minimum absolute atomic E-state index is 0.108. The number of nitrogens with zero attached hydrogens (tertiary/aromatic N) is 1. The maximum Gasteiger partial charge on any atom is 0.322 e. The Morgan fingerprint density at radius 3 is 2.95 bits per heavy atom. The summed E-state index contributed by atoms with van der Waals surface area (Å²) >= 11 is 0. The third kappa shape index (κ3) is 3.71. The van der Waals surface area contributed by atoms with Crippen molar-refractivity contribution in [1.82, 2.24) is 4.90 Å². The van der Waals surface area contributed by atoms with Gasteiger partial charge in [-0.15, -0.1) is 0 Å². The molecule has 1 aliphatic heterocycles. The predicted octanol–water partition coefficient (Wildman–Crippen LogP) is 0.458. The Kier molecular flexibility index (Phi) is 4.77. The Hall–Kier alpha value is -2.12. The third-order valence-corrected chi connectivity index (χ3v) is 3.34. The van der Waals surface area contributed by atoms with Gasteiger partial charge in [-0.1, -0.05) is 12.1 Å². The van der Waals surface area contributed by atoms with E-state index in [-0.39, 0.29) is 6.61 Å². The summed E-state index contributed by atoms with van der Waals surface area (Å²) < 4.78 is 5.17. The number of aliphatic hydroxyl groups excluding tert-OH is 1. The summed E-state index contributed by atoms with van der Waals surface area (Å²) in [6, 6.07) is 5.72. The van der Waals surface area contributed by atoms with E-state index in [1.165, 1.54) is 4.90 Å². The summed E-state index contributed by atoms with van der Waals surface area (Å²) in [5.74, 6) is -0.595. The highest BCUT2D eigenvalue weighted by Crippen LogP contribution is 2.18. The summed E-state index contributed by atoms with van der Waals surface area (Å²) in [7, 11) is 0. The van der Waals surface area contributed by atoms with Crippen molar-refractivity contribution < 1.29 is 19.4 Å². The fraction of sp³-hybridized carbons (Fsp3) is 0.429. The minimum atomic E-state index is -0.765. The highest BCUT2D eigenvalue weighted by Gasteiger charge is 2.31. The molecular formula is C14H19N3O4. The lowest BCUT2D eigenvalue weighted by Gasteiger charge is -2.33. The van der Waals surface area contributed by atoms with Gasteiger partial charge in [0.25, 0.3) is 0 Å². The number of hydrogen-bond acceptors (Lipinski definition) is 4. The Morgan fingerprint density at radius 2 is 2.29 bits per heavy atom. The molecule has 1 aliphatic rings. The van der Waals surface area contributed by atoms with E-state index in [1.807, 2.05) is 0 Å². The van der Waals surface area contributed by atoms with Gasteiger partial charge in [0.2, 0.25) is 5.91 Å². The number of benzene rings is 1. The van der Waals surface area contributed by atoms with E-state index in [1.54, 1.807) is 31.2 Å². The lowest BCUT2D eigenvalue weighted by atomic mass is 10.1. The number of carbonyl (C=O) groups is 2. The average molecular weight is 293 g/mol. The van der Waals surface area contributed by atoms with Gasteiger partial charge in [-0.2, -0.15) is 0 Å². The van der Waals surface area contributed by atoms with Crippen LogP contribution in [0.3, 0.4) is 0 Å². The number of nitrogens with two attached hydrogens (primary N) is 1. The molecule has 1 saturated heterocycles. The van der Waals surface area contributed by atoms with Gasteiger partial charge in [0.05, 0.1) is 19.3 Å². The molecule has 0 aliphatic carbocycles. The van der Waals surface area contributed by atoms with Crippen molar-refractivity contribution in [2.75, 3.05) is 25.1 Å². The highest BCUT2D eigenvalue weighted by molar-refractivity contribution is 5.93. The van der Waals surface area contributed by atoms with Gasteiger partial charge in [0.1, 0.15) is 6.04 Å². The first-order valence-electron chi connectivity index (χ1n) is 6.71. The lowest BCUT2D eigenvalue weighted by Crippen LogP contribution is -2.55. The van der Waals surface area contributed by atoms with E-state index in [0.717, 1.165) is 0 Å². The predicted molar refractivity (Wildman–Crippen MR) is 76.6 cm³/mol. The molecule has 7 heteroatoms. The number of morpholine rings is 1. The number of rotatable bonds is 3. The largest absolute Gasteiger partial charge is 0.389 e. The standard InChI is InChI=1S/C14H19N3O4/c1-9(18)10-3-2-4-11(7-10)16-14(20)17-5-6-21-8-12(17)13(15)19/h2-4,7,9,12,18H,5-6,8H2,1H3,(H2,15,19)(H,16,20). The quantitative estimate of drug-likeness (QED) is 0.752. The van der Waals surface area contributed by atoms with Crippen molar-refractivity contribution in [3.05, 3.63) is 29.8 Å². The second-order valence-electron chi connectivity index (χ2n) is 4.92. The van der Waals surface area contributed by atoms with Crippen LogP contribution in [-0.4, -0.2) is 47.7 Å². The molecule has 1 aromatic rings. The van der Waals surface area contributed by atoms with E-state index in [4.69, 9.17) is 10.5 Å². The van der Waals surface area contributed by atoms with Gasteiger partial charge in [-0.05, 0) is 24.6 Å². The second kappa shape index (κ2) is 6.55. The zero-order valence-electron chi connectivity index (χ0n) is 11.8. The van der Waals surface area contributed by atoms with Crippen LogP contribution in [0.5, 0.6) is 0 Å². The van der Waals surface area contributed by atoms with Gasteiger partial charge >= 0.3 is 6.03 Å². The monoisotopic (exact) mass is 293 g/mol. The molecule has 0 spiro atoms. The summed E-state index contributed by atoms with van der Waals surface area (Å²) in [4.78, 5) is 25.0. The topological polar surface area (TPSA) is 105 Å². The maximum absolute atomic E-state index is 12.3. The Labute approximate surface area is 122 Å². The Bertz CT molecular complexity index is 533. The minimum Gasteiger partial charge on any atom is -0.389 e. The first-order valence-corrected chi connectivity index (χ1v) is 6.71. The summed E-state index contributed by atoms with van der Waals surface area (Å²) in [6.45, 7) is 2.42. The molecule has 7 nitrogen and oxygen atoms in total. The number of ether oxygens (including phenoxy) is 1. The molecule has 0 saturated carbocycles. The Morgan fingerprint density at radius 1 is 1.52 bits per heavy atom. The van der Waals surface area contributed by atoms with Crippen LogP contribution in [0.2, 0.25) is 0 Å². The molecular weight excluding hydrogens is 274 g/mol. The fourth-order valence-corrected chi connectivity index (χ4v) is 2.15. The molecule has 3 amide bonds. The van der Waals surface area contributed by atoms with Gasteiger partial charge in [0, 0.05) is 12.2 Å². The van der Waals surface area contributed by atoms with Gasteiger partial charge in [0.15, 0.2) is 0 Å². The first kappa shape index (κ1) is 15.3. The van der Waals surface area contributed by atoms with Crippen molar-refractivity contribution in [1.29, 1.82) is 0 Å². The summed E-state index contributed by atoms with van der Waals surface area (Å²) in [5.41, 5.74) is 6.52. The van der Waals surface area contributed by atoms with E-state index in [0.29, 0.717) is 24.4 Å². The third-order valence-electron chi connectivity index (χ3n) is 3.34. The zero-order chi connectivity index (χ0) is 15.4. The van der Waals surface area contributed by atoms with Crippen LogP contribution in [0.1, 0.15) is 18.6 Å². The lowest BCUT2D eigenvalue weighted by molar-refractivity contribution is -0.126. The molecule has 4 N–H and O–H groups in total. The van der Waals surface area contributed by atoms with Crippen LogP contribution in [0.15, 0.2) is 24.3 Å². The molecule has 2 rings (SSSR count). The first-order chi connectivity index (χ1) is 9.99. The Balaban J connectivity index is 2.09. The molecule has 2 atom stereocenters. The molecule has 114 valence electrons. The number of aliphatic hydroxyl groups is 1. The van der Waals surface area contributed by atoms with E-state index >= 15 is 0 Å². The number of carbonyl (C=O) groups excluding carboxylic acids is 2. The number of nitrogens with one attached hydrogen (secondary N) is 1. The molecule has 2 unspecified atom stereocenters. The van der Waals surface area contributed by atoms with Crippen molar-refractivity contribution in [2.24, 2.45) is 5.73 Å². The molecule has 1 heterocycles. The van der Waals surface area contributed by atoms with E-state index < -0.39 is 24.1 Å². The van der Waals surface area contributed by atoms with Crippen molar-refractivity contribution >= 4 is 17.6 Å². The van der Waals surface area contributed by atoms with Crippen LogP contribution in [0.25, 0.3) is 0 Å². The van der Waals surface area contributed by atoms with E-state index in [9.17, 15) is 14.7 Å². The summed E-state index contributed by atoms with van der Waals surface area (Å²) in [5, 5.41) is 12.2. The van der Waals surface area contributed by atoms with Gasteiger partial charge in [-0.25, -0.2) is 4.79 Å². The van der Waals surface area contributed by atoms with Crippen LogP contribution in [-0.2, 0) is 9.53 Å². The smallest absolute Gasteiger partial charge is 0.322 e. The number of urea groups is 1. The van der Waals surface area contributed by atoms with E-state index in [2.05, 4.69) is 5.32 Å². The normalized spacial score (nSPS) is 19.9. The van der Waals surface area contributed by atoms with Crippen molar-refractivity contribution in [3.63, 3.8) is 0 Å². The van der Waals surface area contributed by atoms with Crippen molar-refractivity contribution in [3.8, 4) is 0 Å². The fourth-order valence-electron chi connectivity index (χ4n) is 2.15. The van der Waals surface area contributed by atoms with Gasteiger partial charge in [-0.3, -0.25) is 4.79 Å².